The van der Waals surface area contributed by atoms with Crippen LogP contribution in [-0.4, -0.2) is 17.0 Å². The Morgan fingerprint density at radius 2 is 2.25 bits per heavy atom. The Labute approximate surface area is 117 Å². The van der Waals surface area contributed by atoms with Crippen molar-refractivity contribution < 1.29 is 4.79 Å². The number of pyridine rings is 1. The van der Waals surface area contributed by atoms with Gasteiger partial charge >= 0.3 is 0 Å². The number of ketones is 1. The zero-order chi connectivity index (χ0) is 13.9. The van der Waals surface area contributed by atoms with E-state index >= 15 is 0 Å². The number of fused-ring (bicyclic) bond motifs is 1. The van der Waals surface area contributed by atoms with E-state index in [-0.39, 0.29) is 5.78 Å². The smallest absolute Gasteiger partial charge is 0.167 e. The van der Waals surface area contributed by atoms with Crippen molar-refractivity contribution in [2.45, 2.75) is 12.8 Å². The molecule has 0 saturated carbocycles. The summed E-state index contributed by atoms with van der Waals surface area (Å²) in [6.45, 7) is 0. The van der Waals surface area contributed by atoms with Crippen LogP contribution in [0.15, 0.2) is 41.5 Å². The van der Waals surface area contributed by atoms with Crippen molar-refractivity contribution in [1.82, 2.24) is 4.98 Å². The largest absolute Gasteiger partial charge is 0.294 e. The number of aliphatic imine (C=N–C) groups is 1. The Kier molecular flexibility index (Phi) is 3.14. The maximum absolute atomic E-state index is 12.4. The first-order chi connectivity index (χ1) is 9.78. The average molecular weight is 260 g/mol. The standard InChI is InChI=1S/C17H12N2O/c1-2-12-4-3-5-13(10-12)11-16(20)14-6-8-18-17-15(14)7-9-19-17/h1,3-6,8-10H,7,11H2. The van der Waals surface area contributed by atoms with Gasteiger partial charge in [0.15, 0.2) is 11.6 Å². The second-order valence-electron chi connectivity index (χ2n) is 4.62. The summed E-state index contributed by atoms with van der Waals surface area (Å²) < 4.78 is 0. The fourth-order valence-corrected chi connectivity index (χ4v) is 2.33. The summed E-state index contributed by atoms with van der Waals surface area (Å²) in [4.78, 5) is 20.8. The van der Waals surface area contributed by atoms with Crippen LogP contribution < -0.4 is 0 Å². The Morgan fingerprint density at radius 3 is 3.10 bits per heavy atom. The molecule has 0 radical (unpaired) electrons. The molecule has 2 aromatic rings. The first kappa shape index (κ1) is 12.3. The summed E-state index contributed by atoms with van der Waals surface area (Å²) in [5.74, 6) is 3.31. The van der Waals surface area contributed by atoms with Gasteiger partial charge in [-0.05, 0) is 23.8 Å². The molecule has 0 atom stereocenters. The average Bonchev–Trinajstić information content (AvgIpc) is 2.95. The number of nitrogens with zero attached hydrogens (tertiary/aromatic N) is 2. The Morgan fingerprint density at radius 1 is 1.35 bits per heavy atom. The van der Waals surface area contributed by atoms with E-state index in [1.807, 2.05) is 24.3 Å². The normalized spacial score (nSPS) is 11.9. The van der Waals surface area contributed by atoms with Crippen LogP contribution in [0.1, 0.15) is 27.0 Å². The SMILES string of the molecule is C#Cc1cccc(CC(=O)c2ccnc3c2CC=N3)c1. The number of aromatic nitrogens is 1. The molecule has 0 aliphatic carbocycles. The molecular formula is C17H12N2O. The van der Waals surface area contributed by atoms with Crippen LogP contribution in [0.3, 0.4) is 0 Å². The number of carbonyl (C=O) groups excluding carboxylic acids is 1. The highest BCUT2D eigenvalue weighted by Crippen LogP contribution is 2.25. The minimum Gasteiger partial charge on any atom is -0.294 e. The number of benzene rings is 1. The van der Waals surface area contributed by atoms with Crippen LogP contribution in [0, 0.1) is 12.3 Å². The summed E-state index contributed by atoms with van der Waals surface area (Å²) in [6.07, 6.45) is 9.81. The van der Waals surface area contributed by atoms with Gasteiger partial charge in [-0.15, -0.1) is 6.42 Å². The topological polar surface area (TPSA) is 42.3 Å². The van der Waals surface area contributed by atoms with Gasteiger partial charge in [0.05, 0.1) is 0 Å². The molecule has 0 N–H and O–H groups in total. The molecule has 2 heterocycles. The highest BCUT2D eigenvalue weighted by molar-refractivity contribution is 6.01. The number of carbonyl (C=O) groups is 1. The maximum atomic E-state index is 12.4. The molecule has 1 aromatic heterocycles. The lowest BCUT2D eigenvalue weighted by molar-refractivity contribution is 0.0992. The molecule has 0 unspecified atom stereocenters. The predicted octanol–water partition coefficient (Wildman–Crippen LogP) is 2.75. The van der Waals surface area contributed by atoms with E-state index in [2.05, 4.69) is 15.9 Å². The highest BCUT2D eigenvalue weighted by atomic mass is 16.1. The van der Waals surface area contributed by atoms with Gasteiger partial charge in [0.2, 0.25) is 0 Å². The summed E-state index contributed by atoms with van der Waals surface area (Å²) in [7, 11) is 0. The Balaban J connectivity index is 1.87. The maximum Gasteiger partial charge on any atom is 0.167 e. The lowest BCUT2D eigenvalue weighted by Crippen LogP contribution is -2.07. The lowest BCUT2D eigenvalue weighted by Gasteiger charge is -2.06. The molecule has 0 bridgehead atoms. The van der Waals surface area contributed by atoms with Crippen molar-refractivity contribution in [3.05, 3.63) is 58.8 Å². The zero-order valence-corrected chi connectivity index (χ0v) is 10.8. The summed E-state index contributed by atoms with van der Waals surface area (Å²) in [5.41, 5.74) is 3.35. The van der Waals surface area contributed by atoms with Gasteiger partial charge in [-0.2, -0.15) is 0 Å². The van der Waals surface area contributed by atoms with Gasteiger partial charge in [-0.3, -0.25) is 4.79 Å². The van der Waals surface area contributed by atoms with Crippen LogP contribution in [0.5, 0.6) is 0 Å². The fourth-order valence-electron chi connectivity index (χ4n) is 2.33. The molecule has 96 valence electrons. The molecule has 0 fully saturated rings. The Hall–Kier alpha value is -2.73. The third-order valence-electron chi connectivity index (χ3n) is 3.30. The third kappa shape index (κ3) is 2.24. The molecule has 0 saturated heterocycles. The van der Waals surface area contributed by atoms with E-state index in [1.165, 1.54) is 0 Å². The number of hydrogen-bond acceptors (Lipinski definition) is 3. The quantitative estimate of drug-likeness (QED) is 0.629. The third-order valence-corrected chi connectivity index (χ3v) is 3.30. The molecule has 1 aromatic carbocycles. The van der Waals surface area contributed by atoms with E-state index < -0.39 is 0 Å². The fraction of sp³-hybridized carbons (Fsp3) is 0.118. The van der Waals surface area contributed by atoms with Crippen molar-refractivity contribution in [2.75, 3.05) is 0 Å². The van der Waals surface area contributed by atoms with Gasteiger partial charge < -0.3 is 0 Å². The molecule has 0 amide bonds. The van der Waals surface area contributed by atoms with Crippen LogP contribution in [0.25, 0.3) is 0 Å². The van der Waals surface area contributed by atoms with Crippen molar-refractivity contribution in [1.29, 1.82) is 0 Å². The van der Waals surface area contributed by atoms with Crippen LogP contribution in [0.4, 0.5) is 5.82 Å². The van der Waals surface area contributed by atoms with Gasteiger partial charge in [0.1, 0.15) is 0 Å². The molecule has 3 heteroatoms. The minimum atomic E-state index is 0.0725. The number of Topliss-reactive ketones (excluding diaryl/α,β-unsaturated/α-hetero) is 1. The second kappa shape index (κ2) is 5.10. The van der Waals surface area contributed by atoms with E-state index in [9.17, 15) is 4.79 Å². The monoisotopic (exact) mass is 260 g/mol. The number of terminal acetylenes is 1. The van der Waals surface area contributed by atoms with Gasteiger partial charge in [-0.1, -0.05) is 18.1 Å². The van der Waals surface area contributed by atoms with E-state index in [4.69, 9.17) is 6.42 Å². The van der Waals surface area contributed by atoms with E-state index in [0.717, 1.165) is 16.7 Å². The van der Waals surface area contributed by atoms with Crippen molar-refractivity contribution in [2.24, 2.45) is 4.99 Å². The van der Waals surface area contributed by atoms with Crippen LogP contribution in [-0.2, 0) is 12.8 Å². The highest BCUT2D eigenvalue weighted by Gasteiger charge is 2.18. The van der Waals surface area contributed by atoms with Crippen molar-refractivity contribution >= 4 is 17.8 Å². The first-order valence-corrected chi connectivity index (χ1v) is 6.37. The predicted molar refractivity (Wildman–Crippen MR) is 78.5 cm³/mol. The summed E-state index contributed by atoms with van der Waals surface area (Å²) >= 11 is 0. The molecule has 1 aliphatic rings. The molecule has 1 aliphatic heterocycles. The molecule has 20 heavy (non-hydrogen) atoms. The minimum absolute atomic E-state index is 0.0725. The Bertz CT molecular complexity index is 754. The summed E-state index contributed by atoms with van der Waals surface area (Å²) in [5, 5.41) is 0. The van der Waals surface area contributed by atoms with Crippen molar-refractivity contribution in [3.63, 3.8) is 0 Å². The lowest BCUT2D eigenvalue weighted by atomic mass is 9.98. The van der Waals surface area contributed by atoms with E-state index in [1.54, 1.807) is 18.5 Å². The zero-order valence-electron chi connectivity index (χ0n) is 10.8. The van der Waals surface area contributed by atoms with Crippen molar-refractivity contribution in [3.8, 4) is 12.3 Å². The van der Waals surface area contributed by atoms with Gasteiger partial charge in [0, 0.05) is 41.9 Å². The van der Waals surface area contributed by atoms with Crippen LogP contribution >= 0.6 is 0 Å². The number of rotatable bonds is 3. The van der Waals surface area contributed by atoms with E-state index in [0.29, 0.717) is 24.2 Å². The molecule has 0 spiro atoms. The second-order valence-corrected chi connectivity index (χ2v) is 4.62. The van der Waals surface area contributed by atoms with Gasteiger partial charge in [-0.25, -0.2) is 9.98 Å². The first-order valence-electron chi connectivity index (χ1n) is 6.37. The molecule has 3 nitrogen and oxygen atoms in total. The van der Waals surface area contributed by atoms with Crippen LogP contribution in [0.2, 0.25) is 0 Å². The molecule has 3 rings (SSSR count). The number of hydrogen-bond donors (Lipinski definition) is 0. The summed E-state index contributed by atoms with van der Waals surface area (Å²) in [6, 6.07) is 9.27. The van der Waals surface area contributed by atoms with Gasteiger partial charge in [0.25, 0.3) is 0 Å². The molecular weight excluding hydrogens is 248 g/mol.